The molecule has 1 amide bonds. The highest BCUT2D eigenvalue weighted by atomic mass is 16.5. The molecule has 1 unspecified atom stereocenters. The van der Waals surface area contributed by atoms with E-state index in [4.69, 9.17) is 10.5 Å². The Kier molecular flexibility index (Phi) is 9.58. The first-order valence-corrected chi connectivity index (χ1v) is 8.13. The summed E-state index contributed by atoms with van der Waals surface area (Å²) in [6.07, 6.45) is 3.33. The Hall–Kier alpha value is -0.690. The minimum Gasteiger partial charge on any atom is -0.383 e. The second kappa shape index (κ2) is 11.0. The van der Waals surface area contributed by atoms with Gasteiger partial charge in [-0.3, -0.25) is 14.6 Å². The molecule has 1 fully saturated rings. The predicted molar refractivity (Wildman–Crippen MR) is 85.3 cm³/mol. The van der Waals surface area contributed by atoms with Crippen molar-refractivity contribution < 1.29 is 9.53 Å². The molecular weight excluding hydrogens is 268 g/mol. The number of hydrogen-bond acceptors (Lipinski definition) is 5. The number of nitrogens with one attached hydrogen (secondary N) is 1. The fraction of sp³-hybridized carbons (Fsp3) is 0.933. The normalized spacial score (nSPS) is 19.2. The van der Waals surface area contributed by atoms with Crippen molar-refractivity contribution in [2.24, 2.45) is 5.73 Å². The zero-order valence-electron chi connectivity index (χ0n) is 13.6. The fourth-order valence-electron chi connectivity index (χ4n) is 2.90. The SMILES string of the molecule is CCC(CCN)N1CCCN(CC(=O)NCCOC)CC1. The first kappa shape index (κ1) is 18.4. The van der Waals surface area contributed by atoms with Gasteiger partial charge in [0.2, 0.25) is 5.91 Å². The molecule has 0 aromatic rings. The second-order valence-corrected chi connectivity index (χ2v) is 5.65. The molecule has 0 saturated carbocycles. The van der Waals surface area contributed by atoms with Gasteiger partial charge >= 0.3 is 0 Å². The van der Waals surface area contributed by atoms with E-state index in [1.165, 1.54) is 0 Å². The first-order chi connectivity index (χ1) is 10.2. The number of hydrogen-bond donors (Lipinski definition) is 2. The Labute approximate surface area is 129 Å². The summed E-state index contributed by atoms with van der Waals surface area (Å²) in [5.74, 6) is 0.0921. The van der Waals surface area contributed by atoms with Crippen LogP contribution in [0.5, 0.6) is 0 Å². The van der Waals surface area contributed by atoms with Crippen LogP contribution in [0.2, 0.25) is 0 Å². The summed E-state index contributed by atoms with van der Waals surface area (Å²) >= 11 is 0. The van der Waals surface area contributed by atoms with Crippen molar-refractivity contribution in [3.63, 3.8) is 0 Å². The number of rotatable bonds is 9. The zero-order chi connectivity index (χ0) is 15.5. The Morgan fingerprint density at radius 2 is 2.14 bits per heavy atom. The van der Waals surface area contributed by atoms with Crippen LogP contribution in [0, 0.1) is 0 Å². The summed E-state index contributed by atoms with van der Waals surface area (Å²) in [6, 6.07) is 0.588. The zero-order valence-corrected chi connectivity index (χ0v) is 13.6. The van der Waals surface area contributed by atoms with Crippen LogP contribution in [-0.2, 0) is 9.53 Å². The topological polar surface area (TPSA) is 70.8 Å². The van der Waals surface area contributed by atoms with Crippen molar-refractivity contribution in [3.05, 3.63) is 0 Å². The molecule has 1 saturated heterocycles. The highest BCUT2D eigenvalue weighted by Gasteiger charge is 2.21. The third kappa shape index (κ3) is 7.22. The van der Waals surface area contributed by atoms with E-state index in [-0.39, 0.29) is 5.91 Å². The monoisotopic (exact) mass is 300 g/mol. The number of carbonyl (C=O) groups is 1. The molecule has 1 atom stereocenters. The average Bonchev–Trinajstić information content (AvgIpc) is 2.70. The molecule has 21 heavy (non-hydrogen) atoms. The number of amides is 1. The molecule has 3 N–H and O–H groups in total. The average molecular weight is 300 g/mol. The van der Waals surface area contributed by atoms with Crippen LogP contribution in [0.15, 0.2) is 0 Å². The van der Waals surface area contributed by atoms with Gasteiger partial charge in [0.25, 0.3) is 0 Å². The molecule has 6 heteroatoms. The van der Waals surface area contributed by atoms with Crippen LogP contribution in [-0.4, -0.2) is 81.3 Å². The fourth-order valence-corrected chi connectivity index (χ4v) is 2.90. The molecule has 6 nitrogen and oxygen atoms in total. The van der Waals surface area contributed by atoms with Crippen LogP contribution in [0.1, 0.15) is 26.2 Å². The lowest BCUT2D eigenvalue weighted by molar-refractivity contribution is -0.122. The molecule has 0 radical (unpaired) electrons. The summed E-state index contributed by atoms with van der Waals surface area (Å²) in [6.45, 7) is 8.72. The van der Waals surface area contributed by atoms with Gasteiger partial charge < -0.3 is 15.8 Å². The number of ether oxygens (including phenoxy) is 1. The van der Waals surface area contributed by atoms with Crippen molar-refractivity contribution in [3.8, 4) is 0 Å². The van der Waals surface area contributed by atoms with Crippen LogP contribution >= 0.6 is 0 Å². The van der Waals surface area contributed by atoms with Gasteiger partial charge in [0.05, 0.1) is 13.2 Å². The summed E-state index contributed by atoms with van der Waals surface area (Å²) in [7, 11) is 1.64. The quantitative estimate of drug-likeness (QED) is 0.581. The molecule has 1 aliphatic heterocycles. The first-order valence-electron chi connectivity index (χ1n) is 8.13. The molecule has 1 aliphatic rings. The minimum atomic E-state index is 0.0921. The van der Waals surface area contributed by atoms with E-state index in [2.05, 4.69) is 22.0 Å². The van der Waals surface area contributed by atoms with Gasteiger partial charge in [-0.15, -0.1) is 0 Å². The van der Waals surface area contributed by atoms with Crippen LogP contribution < -0.4 is 11.1 Å². The second-order valence-electron chi connectivity index (χ2n) is 5.65. The summed E-state index contributed by atoms with van der Waals surface area (Å²) in [5.41, 5.74) is 5.70. The van der Waals surface area contributed by atoms with Crippen molar-refractivity contribution in [1.29, 1.82) is 0 Å². The standard InChI is InChI=1S/C15H32N4O2/c1-3-14(5-6-16)19-9-4-8-18(10-11-19)13-15(20)17-7-12-21-2/h14H,3-13,16H2,1-2H3,(H,17,20). The van der Waals surface area contributed by atoms with Gasteiger partial charge in [-0.1, -0.05) is 6.92 Å². The van der Waals surface area contributed by atoms with Gasteiger partial charge in [0.1, 0.15) is 0 Å². The summed E-state index contributed by atoms with van der Waals surface area (Å²) in [4.78, 5) is 16.6. The van der Waals surface area contributed by atoms with Crippen molar-refractivity contribution in [2.45, 2.75) is 32.2 Å². The lowest BCUT2D eigenvalue weighted by Crippen LogP contribution is -2.42. The van der Waals surface area contributed by atoms with Crippen molar-refractivity contribution in [1.82, 2.24) is 15.1 Å². The molecule has 0 aromatic heterocycles. The highest BCUT2D eigenvalue weighted by molar-refractivity contribution is 5.77. The van der Waals surface area contributed by atoms with Crippen molar-refractivity contribution in [2.75, 3.05) is 59.5 Å². The molecule has 1 rings (SSSR count). The Bertz CT molecular complexity index is 289. The number of methoxy groups -OCH3 is 1. The molecular formula is C15H32N4O2. The predicted octanol–water partition coefficient (Wildman–Crippen LogP) is -0.116. The lowest BCUT2D eigenvalue weighted by Gasteiger charge is -2.29. The van der Waals surface area contributed by atoms with E-state index >= 15 is 0 Å². The van der Waals surface area contributed by atoms with Gasteiger partial charge in [0.15, 0.2) is 0 Å². The Morgan fingerprint density at radius 1 is 1.33 bits per heavy atom. The van der Waals surface area contributed by atoms with Gasteiger partial charge in [0, 0.05) is 32.8 Å². The van der Waals surface area contributed by atoms with E-state index in [0.717, 1.165) is 52.0 Å². The van der Waals surface area contributed by atoms with Gasteiger partial charge in [-0.05, 0) is 38.9 Å². The number of nitrogens with zero attached hydrogens (tertiary/aromatic N) is 2. The van der Waals surface area contributed by atoms with Gasteiger partial charge in [-0.2, -0.15) is 0 Å². The van der Waals surface area contributed by atoms with Crippen molar-refractivity contribution >= 4 is 5.91 Å². The van der Waals surface area contributed by atoms with Crippen LogP contribution in [0.25, 0.3) is 0 Å². The molecule has 0 aliphatic carbocycles. The van der Waals surface area contributed by atoms with E-state index < -0.39 is 0 Å². The number of nitrogens with two attached hydrogens (primary N) is 1. The lowest BCUT2D eigenvalue weighted by atomic mass is 10.1. The maximum atomic E-state index is 11.8. The van der Waals surface area contributed by atoms with Crippen LogP contribution in [0.4, 0.5) is 0 Å². The maximum Gasteiger partial charge on any atom is 0.234 e. The molecule has 1 heterocycles. The van der Waals surface area contributed by atoms with Crippen LogP contribution in [0.3, 0.4) is 0 Å². The summed E-state index contributed by atoms with van der Waals surface area (Å²) < 4.78 is 4.93. The van der Waals surface area contributed by atoms with Gasteiger partial charge in [-0.25, -0.2) is 0 Å². The smallest absolute Gasteiger partial charge is 0.234 e. The van der Waals surface area contributed by atoms with E-state index in [9.17, 15) is 4.79 Å². The molecule has 0 spiro atoms. The largest absolute Gasteiger partial charge is 0.383 e. The van der Waals surface area contributed by atoms with E-state index in [0.29, 0.717) is 25.7 Å². The molecule has 0 bridgehead atoms. The third-order valence-corrected chi connectivity index (χ3v) is 4.11. The molecule has 0 aromatic carbocycles. The maximum absolute atomic E-state index is 11.8. The highest BCUT2D eigenvalue weighted by Crippen LogP contribution is 2.12. The van der Waals surface area contributed by atoms with E-state index in [1.54, 1.807) is 7.11 Å². The minimum absolute atomic E-state index is 0.0921. The summed E-state index contributed by atoms with van der Waals surface area (Å²) in [5, 5.41) is 2.88. The Balaban J connectivity index is 2.32. The Morgan fingerprint density at radius 3 is 2.81 bits per heavy atom. The molecule has 124 valence electrons. The van der Waals surface area contributed by atoms with E-state index in [1.807, 2.05) is 0 Å². The number of carbonyl (C=O) groups excluding carboxylic acids is 1. The third-order valence-electron chi connectivity index (χ3n) is 4.11.